The van der Waals surface area contributed by atoms with Gasteiger partial charge >= 0.3 is 0 Å². The van der Waals surface area contributed by atoms with Crippen LogP contribution >= 0.6 is 0 Å². The Morgan fingerprint density at radius 1 is 1.35 bits per heavy atom. The van der Waals surface area contributed by atoms with E-state index in [0.29, 0.717) is 6.04 Å². The molecule has 0 aliphatic heterocycles. The Bertz CT molecular complexity index is 344. The molecule has 0 spiro atoms. The van der Waals surface area contributed by atoms with Crippen LogP contribution in [0, 0.1) is 11.2 Å². The van der Waals surface area contributed by atoms with Crippen molar-refractivity contribution in [2.24, 2.45) is 5.41 Å². The molecule has 96 valence electrons. The molecule has 1 heterocycles. The normalized spacial score (nSPS) is 13.7. The van der Waals surface area contributed by atoms with Gasteiger partial charge in [-0.3, -0.25) is 4.98 Å². The molecule has 0 fully saturated rings. The molecule has 0 bridgehead atoms. The van der Waals surface area contributed by atoms with Crippen LogP contribution in [0.15, 0.2) is 18.5 Å². The highest BCUT2D eigenvalue weighted by molar-refractivity contribution is 5.10. The van der Waals surface area contributed by atoms with Crippen LogP contribution in [0.2, 0.25) is 0 Å². The first-order valence-electron chi connectivity index (χ1n) is 6.26. The van der Waals surface area contributed by atoms with E-state index in [1.165, 1.54) is 6.20 Å². The molecule has 1 rings (SSSR count). The lowest BCUT2D eigenvalue weighted by Gasteiger charge is -2.31. The van der Waals surface area contributed by atoms with Crippen LogP contribution in [-0.4, -0.2) is 17.6 Å². The highest BCUT2D eigenvalue weighted by Gasteiger charge is 2.23. The molecule has 0 amide bonds. The van der Waals surface area contributed by atoms with Crippen molar-refractivity contribution in [2.75, 3.05) is 6.54 Å². The van der Waals surface area contributed by atoms with Gasteiger partial charge in [-0.05, 0) is 36.4 Å². The fourth-order valence-corrected chi connectivity index (χ4v) is 1.99. The largest absolute Gasteiger partial charge is 0.314 e. The number of hydrogen-bond acceptors (Lipinski definition) is 2. The zero-order valence-corrected chi connectivity index (χ0v) is 11.3. The molecule has 0 saturated carbocycles. The van der Waals surface area contributed by atoms with Gasteiger partial charge in [0.25, 0.3) is 0 Å². The Kier molecular flexibility index (Phi) is 5.06. The summed E-state index contributed by atoms with van der Waals surface area (Å²) in [4.78, 5) is 3.87. The molecule has 0 aliphatic rings. The maximum absolute atomic E-state index is 13.0. The monoisotopic (exact) mass is 238 g/mol. The minimum Gasteiger partial charge on any atom is -0.314 e. The summed E-state index contributed by atoms with van der Waals surface area (Å²) in [6, 6.07) is 2.01. The Morgan fingerprint density at radius 2 is 2.06 bits per heavy atom. The van der Waals surface area contributed by atoms with Crippen molar-refractivity contribution in [1.29, 1.82) is 0 Å². The van der Waals surface area contributed by atoms with Gasteiger partial charge in [-0.2, -0.15) is 0 Å². The number of nitrogens with zero attached hydrogens (tertiary/aromatic N) is 1. The number of hydrogen-bond donors (Lipinski definition) is 1. The quantitative estimate of drug-likeness (QED) is 0.852. The van der Waals surface area contributed by atoms with Crippen molar-refractivity contribution in [3.63, 3.8) is 0 Å². The molecule has 17 heavy (non-hydrogen) atoms. The molecular weight excluding hydrogens is 215 g/mol. The predicted molar refractivity (Wildman–Crippen MR) is 69.4 cm³/mol. The minimum absolute atomic E-state index is 0.219. The van der Waals surface area contributed by atoms with Crippen LogP contribution in [0.5, 0.6) is 0 Å². The van der Waals surface area contributed by atoms with Crippen LogP contribution in [0.4, 0.5) is 4.39 Å². The van der Waals surface area contributed by atoms with E-state index in [-0.39, 0.29) is 11.2 Å². The number of nitrogens with one attached hydrogen (secondary N) is 1. The number of rotatable bonds is 5. The van der Waals surface area contributed by atoms with Crippen molar-refractivity contribution in [3.05, 3.63) is 29.8 Å². The summed E-state index contributed by atoms with van der Waals surface area (Å²) in [5.41, 5.74) is 1.19. The summed E-state index contributed by atoms with van der Waals surface area (Å²) in [6.07, 6.45) is 4.85. The van der Waals surface area contributed by atoms with Gasteiger partial charge in [0.15, 0.2) is 0 Å². The molecule has 0 radical (unpaired) electrons. The minimum atomic E-state index is -0.252. The maximum atomic E-state index is 13.0. The average molecular weight is 238 g/mol. The third kappa shape index (κ3) is 4.82. The summed E-state index contributed by atoms with van der Waals surface area (Å²) in [5, 5.41) is 3.49. The summed E-state index contributed by atoms with van der Waals surface area (Å²) in [7, 11) is 0. The number of pyridine rings is 1. The fraction of sp³-hybridized carbons (Fsp3) is 0.643. The summed E-state index contributed by atoms with van der Waals surface area (Å²) < 4.78 is 13.0. The molecule has 1 aromatic heterocycles. The maximum Gasteiger partial charge on any atom is 0.141 e. The van der Waals surface area contributed by atoms with Gasteiger partial charge in [0.1, 0.15) is 5.82 Å². The summed E-state index contributed by atoms with van der Waals surface area (Å²) in [6.45, 7) is 9.75. The fourth-order valence-electron chi connectivity index (χ4n) is 1.99. The van der Waals surface area contributed by atoms with Gasteiger partial charge in [0.2, 0.25) is 0 Å². The third-order valence-electron chi connectivity index (χ3n) is 2.98. The van der Waals surface area contributed by atoms with E-state index >= 15 is 0 Å². The first-order chi connectivity index (χ1) is 7.93. The number of aromatic nitrogens is 1. The lowest BCUT2D eigenvalue weighted by Crippen LogP contribution is -2.40. The second-order valence-corrected chi connectivity index (χ2v) is 5.53. The summed E-state index contributed by atoms with van der Waals surface area (Å²) in [5.74, 6) is -0.252. The van der Waals surface area contributed by atoms with Crippen LogP contribution < -0.4 is 5.32 Å². The molecule has 2 nitrogen and oxygen atoms in total. The summed E-state index contributed by atoms with van der Waals surface area (Å²) >= 11 is 0. The van der Waals surface area contributed by atoms with Gasteiger partial charge < -0.3 is 5.32 Å². The Labute approximate surface area is 104 Å². The van der Waals surface area contributed by atoms with E-state index in [0.717, 1.165) is 24.9 Å². The van der Waals surface area contributed by atoms with Crippen molar-refractivity contribution < 1.29 is 4.39 Å². The van der Waals surface area contributed by atoms with E-state index in [9.17, 15) is 4.39 Å². The highest BCUT2D eigenvalue weighted by Crippen LogP contribution is 2.23. The van der Waals surface area contributed by atoms with Crippen molar-refractivity contribution in [3.8, 4) is 0 Å². The van der Waals surface area contributed by atoms with Gasteiger partial charge in [-0.1, -0.05) is 27.7 Å². The van der Waals surface area contributed by atoms with Crippen molar-refractivity contribution in [2.45, 2.75) is 46.6 Å². The molecule has 1 aromatic rings. The molecule has 3 heteroatoms. The second-order valence-electron chi connectivity index (χ2n) is 5.53. The zero-order chi connectivity index (χ0) is 12.9. The second kappa shape index (κ2) is 6.10. The van der Waals surface area contributed by atoms with E-state index in [2.05, 4.69) is 38.0 Å². The first-order valence-corrected chi connectivity index (χ1v) is 6.26. The molecule has 0 aliphatic carbocycles. The smallest absolute Gasteiger partial charge is 0.141 e. The molecule has 0 aromatic carbocycles. The zero-order valence-electron chi connectivity index (χ0n) is 11.3. The third-order valence-corrected chi connectivity index (χ3v) is 2.98. The van der Waals surface area contributed by atoms with E-state index in [1.807, 2.05) is 0 Å². The molecule has 0 saturated heterocycles. The molecule has 1 N–H and O–H groups in total. The number of aryl methyl sites for hydroxylation is 1. The Morgan fingerprint density at radius 3 is 2.59 bits per heavy atom. The van der Waals surface area contributed by atoms with Gasteiger partial charge in [-0.25, -0.2) is 4.39 Å². The van der Waals surface area contributed by atoms with Crippen LogP contribution in [0.25, 0.3) is 0 Å². The Balaban J connectivity index is 2.58. The van der Waals surface area contributed by atoms with Gasteiger partial charge in [0.05, 0.1) is 6.20 Å². The van der Waals surface area contributed by atoms with Crippen LogP contribution in [0.3, 0.4) is 0 Å². The van der Waals surface area contributed by atoms with Crippen LogP contribution in [-0.2, 0) is 6.42 Å². The predicted octanol–water partition coefficient (Wildman–Crippen LogP) is 3.18. The van der Waals surface area contributed by atoms with E-state index in [4.69, 9.17) is 0 Å². The average Bonchev–Trinajstić information content (AvgIpc) is 2.22. The lowest BCUT2D eigenvalue weighted by atomic mass is 9.83. The molecular formula is C14H23FN2. The molecule has 1 unspecified atom stereocenters. The number of halogens is 1. The first kappa shape index (κ1) is 14.1. The highest BCUT2D eigenvalue weighted by atomic mass is 19.1. The van der Waals surface area contributed by atoms with Gasteiger partial charge in [-0.15, -0.1) is 0 Å². The molecule has 1 atom stereocenters. The standard InChI is InChI=1S/C14H23FN2/c1-5-17-13(14(2,3)4)7-6-11-8-12(15)10-16-9-11/h8-10,13,17H,5-7H2,1-4H3. The lowest BCUT2D eigenvalue weighted by molar-refractivity contribution is 0.258. The van der Waals surface area contributed by atoms with Crippen molar-refractivity contribution >= 4 is 0 Å². The SMILES string of the molecule is CCNC(CCc1cncc(F)c1)C(C)(C)C. The van der Waals surface area contributed by atoms with Crippen LogP contribution in [0.1, 0.15) is 39.7 Å². The topological polar surface area (TPSA) is 24.9 Å². The van der Waals surface area contributed by atoms with Crippen molar-refractivity contribution in [1.82, 2.24) is 10.3 Å². The van der Waals surface area contributed by atoms with Gasteiger partial charge in [0, 0.05) is 12.2 Å². The Hall–Kier alpha value is -0.960. The van der Waals surface area contributed by atoms with E-state index < -0.39 is 0 Å². The van der Waals surface area contributed by atoms with E-state index in [1.54, 1.807) is 12.3 Å².